The number of alkyl carbamates (subject to hydrolysis) is 1. The van der Waals surface area contributed by atoms with Gasteiger partial charge in [0.1, 0.15) is 17.7 Å². The van der Waals surface area contributed by atoms with E-state index in [1.54, 1.807) is 12.4 Å². The molecule has 4 aliphatic heterocycles. The van der Waals surface area contributed by atoms with Crippen molar-refractivity contribution in [1.29, 1.82) is 0 Å². The first-order valence-corrected chi connectivity index (χ1v) is 20.3. The van der Waals surface area contributed by atoms with Crippen LogP contribution in [-0.4, -0.2) is 93.1 Å². The maximum absolute atomic E-state index is 13.9. The number of rotatable bonds is 11. The quantitative estimate of drug-likeness (QED) is 0.111. The molecular weight excluding hydrogens is 745 g/mol. The van der Waals surface area contributed by atoms with Gasteiger partial charge in [-0.25, -0.2) is 14.8 Å². The summed E-state index contributed by atoms with van der Waals surface area (Å²) in [6, 6.07) is 9.89. The molecule has 4 N–H and O–H groups in total. The third-order valence-corrected chi connectivity index (χ3v) is 11.4. The van der Waals surface area contributed by atoms with Crippen LogP contribution in [0.15, 0.2) is 48.8 Å². The molecule has 0 spiro atoms. The minimum atomic E-state index is -0.713. The van der Waals surface area contributed by atoms with Crippen LogP contribution < -0.4 is 20.1 Å². The van der Waals surface area contributed by atoms with Gasteiger partial charge in [-0.2, -0.15) is 0 Å². The Morgan fingerprint density at radius 1 is 0.724 bits per heavy atom. The van der Waals surface area contributed by atoms with Crippen molar-refractivity contribution in [2.24, 2.45) is 11.8 Å². The molecule has 0 unspecified atom stereocenters. The van der Waals surface area contributed by atoms with Crippen LogP contribution in [0.5, 0.6) is 23.0 Å². The van der Waals surface area contributed by atoms with Crippen LogP contribution in [0, 0.1) is 11.8 Å². The average molecular weight is 797 g/mol. The lowest BCUT2D eigenvalue weighted by atomic mass is 9.97. The number of methoxy groups -OCH3 is 1. The van der Waals surface area contributed by atoms with Crippen LogP contribution in [0.25, 0.3) is 22.5 Å². The van der Waals surface area contributed by atoms with Gasteiger partial charge in [0.2, 0.25) is 18.2 Å². The lowest BCUT2D eigenvalue weighted by Gasteiger charge is -2.39. The van der Waals surface area contributed by atoms with Gasteiger partial charge in [-0.15, -0.1) is 0 Å². The van der Waals surface area contributed by atoms with Gasteiger partial charge >= 0.3 is 6.09 Å². The fraction of sp³-hybridized carbons (Fsp3) is 0.500. The molecule has 6 heterocycles. The number of hydrogen-bond acceptors (Lipinski definition) is 11. The zero-order valence-corrected chi connectivity index (χ0v) is 33.6. The van der Waals surface area contributed by atoms with Crippen molar-refractivity contribution in [3.63, 3.8) is 0 Å². The van der Waals surface area contributed by atoms with E-state index in [9.17, 15) is 14.4 Å². The molecule has 3 saturated heterocycles. The predicted molar refractivity (Wildman–Crippen MR) is 212 cm³/mol. The molecule has 4 aromatic rings. The minimum absolute atomic E-state index is 0.0138. The summed E-state index contributed by atoms with van der Waals surface area (Å²) in [5.41, 5.74) is 3.31. The number of likely N-dealkylation sites (tertiary alicyclic amines) is 2. The number of nitrogens with zero attached hydrogens (tertiary/aromatic N) is 4. The molecule has 3 fully saturated rings. The van der Waals surface area contributed by atoms with Crippen molar-refractivity contribution >= 4 is 17.9 Å². The Bertz CT molecular complexity index is 2130. The number of ether oxygens (including phenoxy) is 5. The third-order valence-electron chi connectivity index (χ3n) is 11.4. The van der Waals surface area contributed by atoms with Gasteiger partial charge in [-0.05, 0) is 86.8 Å². The number of amides is 3. The van der Waals surface area contributed by atoms with E-state index in [-0.39, 0.29) is 42.5 Å². The fourth-order valence-electron chi connectivity index (χ4n) is 8.17. The molecule has 58 heavy (non-hydrogen) atoms. The van der Waals surface area contributed by atoms with Crippen LogP contribution >= 0.6 is 0 Å². The SMILES string of the molecule is COC(=O)N[C@H](C(=O)N1CCCC[C@H]1c1ncc(-c2ccc3c(c2)Oc2ccc(-c4cnc([C@@H]5CCCCN5C(=O)[C@@H](NC5OCO5)C(C)C)[nH]4)cc2O3)[nH]1)C(C)C. The largest absolute Gasteiger partial charge is 0.453 e. The van der Waals surface area contributed by atoms with Crippen LogP contribution in [-0.2, 0) is 23.8 Å². The number of fused-ring (bicyclic) bond motifs is 2. The summed E-state index contributed by atoms with van der Waals surface area (Å²) in [7, 11) is 1.29. The van der Waals surface area contributed by atoms with Gasteiger partial charge in [0, 0.05) is 24.2 Å². The molecule has 0 saturated carbocycles. The smallest absolute Gasteiger partial charge is 0.407 e. The topological polar surface area (TPSA) is 185 Å². The number of imidazole rings is 2. The Balaban J connectivity index is 0.955. The number of piperidine rings is 2. The molecule has 308 valence electrons. The second-order valence-electron chi connectivity index (χ2n) is 16.0. The first-order valence-electron chi connectivity index (χ1n) is 20.3. The van der Waals surface area contributed by atoms with E-state index < -0.39 is 24.6 Å². The summed E-state index contributed by atoms with van der Waals surface area (Å²) in [6.07, 6.45) is 7.71. The molecular formula is C42H52N8O8. The molecule has 2 aromatic heterocycles. The van der Waals surface area contributed by atoms with Gasteiger partial charge in [0.25, 0.3) is 0 Å². The number of carbonyl (C=O) groups excluding carboxylic acids is 3. The van der Waals surface area contributed by atoms with E-state index in [1.807, 2.05) is 73.9 Å². The molecule has 16 nitrogen and oxygen atoms in total. The predicted octanol–water partition coefficient (Wildman–Crippen LogP) is 6.75. The second kappa shape index (κ2) is 16.8. The van der Waals surface area contributed by atoms with E-state index in [1.165, 1.54) is 7.11 Å². The lowest BCUT2D eigenvalue weighted by Crippen LogP contribution is -2.57. The third kappa shape index (κ3) is 8.00. The number of aromatic amines is 2. The van der Waals surface area contributed by atoms with Crippen LogP contribution in [0.1, 0.15) is 90.0 Å². The van der Waals surface area contributed by atoms with E-state index in [4.69, 9.17) is 33.7 Å². The fourth-order valence-corrected chi connectivity index (χ4v) is 8.17. The molecule has 16 heteroatoms. The number of nitrogens with one attached hydrogen (secondary N) is 4. The number of H-pyrrole nitrogens is 2. The molecule has 4 aliphatic rings. The van der Waals surface area contributed by atoms with Crippen LogP contribution in [0.2, 0.25) is 0 Å². The molecule has 3 amide bonds. The van der Waals surface area contributed by atoms with Crippen LogP contribution in [0.3, 0.4) is 0 Å². The zero-order chi connectivity index (χ0) is 40.5. The summed E-state index contributed by atoms with van der Waals surface area (Å²) in [5.74, 6) is 3.49. The second-order valence-corrected chi connectivity index (χ2v) is 16.0. The highest BCUT2D eigenvalue weighted by atomic mass is 16.9. The highest BCUT2D eigenvalue weighted by Gasteiger charge is 2.38. The van der Waals surface area contributed by atoms with Crippen molar-refractivity contribution in [1.82, 2.24) is 40.4 Å². The summed E-state index contributed by atoms with van der Waals surface area (Å²) in [5, 5.41) is 5.92. The molecule has 0 aliphatic carbocycles. The lowest BCUT2D eigenvalue weighted by molar-refractivity contribution is -0.335. The van der Waals surface area contributed by atoms with Gasteiger partial charge < -0.3 is 48.8 Å². The molecule has 0 radical (unpaired) electrons. The average Bonchev–Trinajstić information content (AvgIpc) is 3.92. The first kappa shape index (κ1) is 39.4. The maximum atomic E-state index is 13.9. The highest BCUT2D eigenvalue weighted by molar-refractivity contribution is 5.86. The van der Waals surface area contributed by atoms with Gasteiger partial charge in [-0.1, -0.05) is 27.7 Å². The van der Waals surface area contributed by atoms with Crippen molar-refractivity contribution in [3.8, 4) is 45.5 Å². The normalized spacial score (nSPS) is 20.3. The monoisotopic (exact) mass is 796 g/mol. The summed E-state index contributed by atoms with van der Waals surface area (Å²) >= 11 is 0. The first-order chi connectivity index (χ1) is 28.1. The molecule has 8 rings (SSSR count). The Hall–Kier alpha value is -5.45. The molecule has 0 bridgehead atoms. The Morgan fingerprint density at radius 2 is 1.22 bits per heavy atom. The Labute approximate surface area is 337 Å². The number of aromatic nitrogens is 4. The molecule has 2 aromatic carbocycles. The highest BCUT2D eigenvalue weighted by Crippen LogP contribution is 2.48. The van der Waals surface area contributed by atoms with Crippen molar-refractivity contribution < 1.29 is 38.1 Å². The number of hydrogen-bond donors (Lipinski definition) is 4. The van der Waals surface area contributed by atoms with Gasteiger partial charge in [-0.3, -0.25) is 14.9 Å². The van der Waals surface area contributed by atoms with Crippen LogP contribution in [0.4, 0.5) is 4.79 Å². The zero-order valence-electron chi connectivity index (χ0n) is 33.6. The van der Waals surface area contributed by atoms with Crippen molar-refractivity contribution in [2.45, 2.75) is 96.8 Å². The maximum Gasteiger partial charge on any atom is 0.407 e. The van der Waals surface area contributed by atoms with E-state index in [0.29, 0.717) is 41.9 Å². The van der Waals surface area contributed by atoms with Gasteiger partial charge in [0.15, 0.2) is 29.8 Å². The standard InChI is InChI=1S/C42H52N8O8/c1-23(2)35(47-41(53)54-5)39(51)49-16-8-6-10-29(49)37-43-20-27(45-37)25-12-14-31-33(18-25)57-32-15-13-26(19-34(32)58-31)28-21-44-38(46-28)30-11-7-9-17-50(30)40(52)36(24(3)4)48-42-55-22-56-42/h12-15,18-21,23-24,29-30,35-36,42,48H,6-11,16-17,22H2,1-5H3,(H,43,45)(H,44,46)(H,47,53)/t29-,30-,35-,36-/m0/s1. The Kier molecular flexibility index (Phi) is 11.4. The van der Waals surface area contributed by atoms with E-state index in [2.05, 4.69) is 20.6 Å². The van der Waals surface area contributed by atoms with E-state index in [0.717, 1.165) is 66.9 Å². The van der Waals surface area contributed by atoms with Crippen molar-refractivity contribution in [2.75, 3.05) is 27.0 Å². The number of carbonyl (C=O) groups is 3. The summed E-state index contributed by atoms with van der Waals surface area (Å²) in [4.78, 5) is 59.8. The van der Waals surface area contributed by atoms with Crippen molar-refractivity contribution in [3.05, 3.63) is 60.4 Å². The summed E-state index contributed by atoms with van der Waals surface area (Å²) in [6.45, 7) is 9.29. The Morgan fingerprint density at radius 3 is 1.67 bits per heavy atom. The summed E-state index contributed by atoms with van der Waals surface area (Å²) < 4.78 is 28.3. The van der Waals surface area contributed by atoms with E-state index >= 15 is 0 Å². The number of benzene rings is 2. The minimum Gasteiger partial charge on any atom is -0.453 e. The van der Waals surface area contributed by atoms with Gasteiger partial charge in [0.05, 0.1) is 49.0 Å². The molecule has 4 atom stereocenters.